The van der Waals surface area contributed by atoms with Crippen LogP contribution in [0.15, 0.2) is 24.3 Å². The Hall–Kier alpha value is -1.14. The third-order valence-electron chi connectivity index (χ3n) is 2.53. The monoisotopic (exact) mass is 275 g/mol. The number of sulfonamides is 1. The van der Waals surface area contributed by atoms with Crippen molar-refractivity contribution in [2.75, 3.05) is 23.2 Å². The van der Waals surface area contributed by atoms with E-state index in [1.54, 1.807) is 13.0 Å². The number of benzene rings is 1. The molecule has 0 bridgehead atoms. The minimum Gasteiger partial charge on any atom is -0.396 e. The Morgan fingerprint density at radius 3 is 2.61 bits per heavy atom. The Morgan fingerprint density at radius 1 is 1.33 bits per heavy atom. The first-order valence-electron chi connectivity index (χ1n) is 5.88. The molecule has 1 aromatic rings. The molecule has 0 saturated heterocycles. The van der Waals surface area contributed by atoms with Crippen molar-refractivity contribution in [3.05, 3.63) is 30.1 Å². The molecular weight excluding hydrogens is 257 g/mol. The number of unbranched alkanes of at least 4 members (excludes halogenated alkanes) is 1. The van der Waals surface area contributed by atoms with Gasteiger partial charge in [0.05, 0.1) is 11.4 Å². The van der Waals surface area contributed by atoms with E-state index in [4.69, 9.17) is 5.11 Å². The lowest BCUT2D eigenvalue weighted by molar-refractivity contribution is 0.287. The van der Waals surface area contributed by atoms with E-state index >= 15 is 0 Å². The van der Waals surface area contributed by atoms with Crippen molar-refractivity contribution in [3.63, 3.8) is 0 Å². The number of aliphatic hydroxyl groups is 1. The SMILES string of the molecule is CCN(c1cccc(F)c1)S(=O)(=O)CCCCO. The molecule has 1 N–H and O–H groups in total. The second-order valence-corrected chi connectivity index (χ2v) is 5.90. The van der Waals surface area contributed by atoms with Crippen molar-refractivity contribution < 1.29 is 17.9 Å². The Kier molecular flexibility index (Phi) is 5.55. The van der Waals surface area contributed by atoms with Crippen molar-refractivity contribution in [2.45, 2.75) is 19.8 Å². The van der Waals surface area contributed by atoms with Gasteiger partial charge in [-0.1, -0.05) is 6.07 Å². The maximum absolute atomic E-state index is 13.1. The average Bonchev–Trinajstić information content (AvgIpc) is 2.29. The second kappa shape index (κ2) is 6.70. The first-order valence-corrected chi connectivity index (χ1v) is 7.49. The van der Waals surface area contributed by atoms with Crippen molar-refractivity contribution in [3.8, 4) is 0 Å². The highest BCUT2D eigenvalue weighted by Crippen LogP contribution is 2.19. The molecule has 0 fully saturated rings. The number of hydrogen-bond acceptors (Lipinski definition) is 3. The van der Waals surface area contributed by atoms with Gasteiger partial charge in [0.1, 0.15) is 5.82 Å². The standard InChI is InChI=1S/C12H18FNO3S/c1-2-14(12-7-5-6-11(13)10-12)18(16,17)9-4-3-8-15/h5-7,10,15H,2-4,8-9H2,1H3. The molecule has 0 aromatic heterocycles. The topological polar surface area (TPSA) is 57.6 Å². The zero-order chi connectivity index (χ0) is 13.6. The van der Waals surface area contributed by atoms with E-state index < -0.39 is 15.8 Å². The molecule has 0 saturated carbocycles. The summed E-state index contributed by atoms with van der Waals surface area (Å²) >= 11 is 0. The molecule has 0 radical (unpaired) electrons. The van der Waals surface area contributed by atoms with Crippen LogP contribution in [0.25, 0.3) is 0 Å². The maximum Gasteiger partial charge on any atom is 0.235 e. The summed E-state index contributed by atoms with van der Waals surface area (Å²) < 4.78 is 38.4. The molecule has 0 heterocycles. The number of aliphatic hydroxyl groups excluding tert-OH is 1. The number of anilines is 1. The van der Waals surface area contributed by atoms with Gasteiger partial charge in [-0.25, -0.2) is 12.8 Å². The number of halogens is 1. The Labute approximate surface area is 107 Å². The Balaban J connectivity index is 2.88. The summed E-state index contributed by atoms with van der Waals surface area (Å²) in [4.78, 5) is 0. The second-order valence-electron chi connectivity index (χ2n) is 3.89. The molecule has 18 heavy (non-hydrogen) atoms. The van der Waals surface area contributed by atoms with Crippen LogP contribution in [0, 0.1) is 5.82 Å². The molecular formula is C12H18FNO3S. The van der Waals surface area contributed by atoms with E-state index in [0.717, 1.165) is 0 Å². The molecule has 102 valence electrons. The first-order chi connectivity index (χ1) is 8.51. The van der Waals surface area contributed by atoms with Crippen LogP contribution < -0.4 is 4.31 Å². The van der Waals surface area contributed by atoms with Crippen LogP contribution in [0.4, 0.5) is 10.1 Å². The minimum absolute atomic E-state index is 0.0262. The number of hydrogen-bond donors (Lipinski definition) is 1. The summed E-state index contributed by atoms with van der Waals surface area (Å²) in [5.41, 5.74) is 0.335. The van der Waals surface area contributed by atoms with E-state index in [9.17, 15) is 12.8 Å². The molecule has 6 heteroatoms. The third kappa shape index (κ3) is 3.96. The first kappa shape index (κ1) is 14.9. The normalized spacial score (nSPS) is 11.5. The fourth-order valence-corrected chi connectivity index (χ4v) is 3.30. The van der Waals surface area contributed by atoms with E-state index in [0.29, 0.717) is 18.5 Å². The van der Waals surface area contributed by atoms with Gasteiger partial charge in [0, 0.05) is 13.2 Å². The zero-order valence-corrected chi connectivity index (χ0v) is 11.2. The van der Waals surface area contributed by atoms with Crippen LogP contribution in [0.1, 0.15) is 19.8 Å². The molecule has 0 aliphatic carbocycles. The van der Waals surface area contributed by atoms with Gasteiger partial charge in [-0.05, 0) is 38.0 Å². The Bertz CT molecular complexity index is 476. The molecule has 4 nitrogen and oxygen atoms in total. The van der Waals surface area contributed by atoms with E-state index in [1.807, 2.05) is 0 Å². The quantitative estimate of drug-likeness (QED) is 0.771. The van der Waals surface area contributed by atoms with Crippen molar-refractivity contribution in [1.29, 1.82) is 0 Å². The number of rotatable bonds is 7. The largest absolute Gasteiger partial charge is 0.396 e. The highest BCUT2D eigenvalue weighted by Gasteiger charge is 2.20. The maximum atomic E-state index is 13.1. The molecule has 0 atom stereocenters. The van der Waals surface area contributed by atoms with Crippen molar-refractivity contribution in [2.24, 2.45) is 0 Å². The van der Waals surface area contributed by atoms with Gasteiger partial charge >= 0.3 is 0 Å². The summed E-state index contributed by atoms with van der Waals surface area (Å²) in [5, 5.41) is 8.65. The van der Waals surface area contributed by atoms with Crippen LogP contribution in [0.2, 0.25) is 0 Å². The fraction of sp³-hybridized carbons (Fsp3) is 0.500. The number of nitrogens with zero attached hydrogens (tertiary/aromatic N) is 1. The molecule has 1 rings (SSSR count). The van der Waals surface area contributed by atoms with Gasteiger partial charge in [-0.3, -0.25) is 4.31 Å². The predicted octanol–water partition coefficient (Wildman–Crippen LogP) is 1.75. The lowest BCUT2D eigenvalue weighted by Gasteiger charge is -2.22. The van der Waals surface area contributed by atoms with Crippen molar-refractivity contribution in [1.82, 2.24) is 0 Å². The Morgan fingerprint density at radius 2 is 2.06 bits per heavy atom. The van der Waals surface area contributed by atoms with E-state index in [1.165, 1.54) is 22.5 Å². The van der Waals surface area contributed by atoms with Crippen LogP contribution in [0.5, 0.6) is 0 Å². The van der Waals surface area contributed by atoms with E-state index in [-0.39, 0.29) is 18.9 Å². The van der Waals surface area contributed by atoms with Gasteiger partial charge < -0.3 is 5.11 Å². The smallest absolute Gasteiger partial charge is 0.235 e. The van der Waals surface area contributed by atoms with Gasteiger partial charge in [-0.15, -0.1) is 0 Å². The van der Waals surface area contributed by atoms with Gasteiger partial charge in [0.25, 0.3) is 0 Å². The lowest BCUT2D eigenvalue weighted by atomic mass is 10.3. The van der Waals surface area contributed by atoms with Gasteiger partial charge in [0.2, 0.25) is 10.0 Å². The summed E-state index contributed by atoms with van der Waals surface area (Å²) in [5.74, 6) is -0.505. The summed E-state index contributed by atoms with van der Waals surface area (Å²) in [7, 11) is -3.46. The average molecular weight is 275 g/mol. The van der Waals surface area contributed by atoms with Crippen LogP contribution in [-0.2, 0) is 10.0 Å². The molecule has 0 amide bonds. The molecule has 0 aliphatic heterocycles. The van der Waals surface area contributed by atoms with Crippen LogP contribution in [0.3, 0.4) is 0 Å². The molecule has 0 unspecified atom stereocenters. The molecule has 1 aromatic carbocycles. The van der Waals surface area contributed by atoms with Crippen molar-refractivity contribution >= 4 is 15.7 Å². The predicted molar refractivity (Wildman–Crippen MR) is 69.5 cm³/mol. The highest BCUT2D eigenvalue weighted by atomic mass is 32.2. The zero-order valence-electron chi connectivity index (χ0n) is 10.3. The summed E-state index contributed by atoms with van der Waals surface area (Å²) in [6, 6.07) is 5.52. The van der Waals surface area contributed by atoms with Gasteiger partial charge in [0.15, 0.2) is 0 Å². The third-order valence-corrected chi connectivity index (χ3v) is 4.47. The summed E-state index contributed by atoms with van der Waals surface area (Å²) in [6.07, 6.45) is 0.838. The minimum atomic E-state index is -3.46. The van der Waals surface area contributed by atoms with Gasteiger partial charge in [-0.2, -0.15) is 0 Å². The van der Waals surface area contributed by atoms with Crippen LogP contribution in [-0.4, -0.2) is 32.4 Å². The van der Waals surface area contributed by atoms with E-state index in [2.05, 4.69) is 0 Å². The highest BCUT2D eigenvalue weighted by molar-refractivity contribution is 7.92. The fourth-order valence-electron chi connectivity index (χ4n) is 1.68. The summed E-state index contributed by atoms with van der Waals surface area (Å²) in [6.45, 7) is 1.93. The molecule has 0 spiro atoms. The van der Waals surface area contributed by atoms with Crippen LogP contribution >= 0.6 is 0 Å². The molecule has 0 aliphatic rings. The lowest BCUT2D eigenvalue weighted by Crippen LogP contribution is -2.33.